The number of halogens is 1. The molecule has 1 aliphatic rings. The van der Waals surface area contributed by atoms with E-state index in [1.807, 2.05) is 23.1 Å². The number of rotatable bonds is 4. The first-order valence-corrected chi connectivity index (χ1v) is 9.45. The fraction of sp³-hybridized carbons (Fsp3) is 0.286. The maximum Gasteiger partial charge on any atom is 0.290 e. The second-order valence-corrected chi connectivity index (χ2v) is 7.30. The van der Waals surface area contributed by atoms with Crippen LogP contribution in [0.3, 0.4) is 0 Å². The topological polar surface area (TPSA) is 47.1 Å². The van der Waals surface area contributed by atoms with E-state index >= 15 is 0 Å². The summed E-state index contributed by atoms with van der Waals surface area (Å²) in [4.78, 5) is 16.1. The highest BCUT2D eigenvalue weighted by atomic mass is 35.5. The van der Waals surface area contributed by atoms with Crippen LogP contribution in [0.1, 0.15) is 16.1 Å². The molecule has 2 aromatic carbocycles. The number of hydrogen-bond donors (Lipinski definition) is 1. The van der Waals surface area contributed by atoms with E-state index in [4.69, 9.17) is 20.8 Å². The van der Waals surface area contributed by atoms with E-state index in [0.29, 0.717) is 16.4 Å². The van der Waals surface area contributed by atoms with Crippen LogP contribution in [-0.4, -0.2) is 44.1 Å². The predicted octanol–water partition coefficient (Wildman–Crippen LogP) is 2.64. The Morgan fingerprint density at radius 3 is 2.59 bits per heavy atom. The molecule has 140 valence electrons. The largest absolute Gasteiger partial charge is 0.497 e. The summed E-state index contributed by atoms with van der Waals surface area (Å²) in [7, 11) is 1.67. The van der Waals surface area contributed by atoms with E-state index in [1.54, 1.807) is 25.3 Å². The molecule has 4 rings (SSSR count). The van der Waals surface area contributed by atoms with Gasteiger partial charge in [0.2, 0.25) is 0 Å². The fourth-order valence-corrected chi connectivity index (χ4v) is 3.69. The van der Waals surface area contributed by atoms with Crippen molar-refractivity contribution in [1.82, 2.24) is 4.90 Å². The molecule has 1 saturated heterocycles. The number of methoxy groups -OCH3 is 1. The van der Waals surface area contributed by atoms with Gasteiger partial charge in [-0.1, -0.05) is 11.6 Å². The highest BCUT2D eigenvalue weighted by molar-refractivity contribution is 6.31. The van der Waals surface area contributed by atoms with Crippen LogP contribution in [0, 0.1) is 0 Å². The Bertz CT molecular complexity index is 944. The highest BCUT2D eigenvalue weighted by Gasteiger charge is 2.26. The Kier molecular flexibility index (Phi) is 5.05. The van der Waals surface area contributed by atoms with Crippen molar-refractivity contribution in [2.75, 3.05) is 33.3 Å². The highest BCUT2D eigenvalue weighted by Crippen LogP contribution is 2.24. The Hall–Kier alpha value is -2.50. The summed E-state index contributed by atoms with van der Waals surface area (Å²) >= 11 is 6.01. The lowest BCUT2D eigenvalue weighted by Crippen LogP contribution is -3.13. The first-order chi connectivity index (χ1) is 13.1. The molecule has 5 nitrogen and oxygen atoms in total. The van der Waals surface area contributed by atoms with Gasteiger partial charge in [-0.25, -0.2) is 0 Å². The first-order valence-electron chi connectivity index (χ1n) is 9.07. The van der Waals surface area contributed by atoms with Crippen LogP contribution in [-0.2, 0) is 6.54 Å². The van der Waals surface area contributed by atoms with Gasteiger partial charge in [-0.3, -0.25) is 4.79 Å². The number of carbonyl (C=O) groups is 1. The zero-order chi connectivity index (χ0) is 18.8. The van der Waals surface area contributed by atoms with Crippen molar-refractivity contribution >= 4 is 28.5 Å². The minimum Gasteiger partial charge on any atom is -0.497 e. The Labute approximate surface area is 163 Å². The van der Waals surface area contributed by atoms with Crippen molar-refractivity contribution < 1.29 is 18.8 Å². The van der Waals surface area contributed by atoms with Crippen LogP contribution in [0.5, 0.6) is 5.75 Å². The van der Waals surface area contributed by atoms with Gasteiger partial charge in [-0.15, -0.1) is 0 Å². The summed E-state index contributed by atoms with van der Waals surface area (Å²) in [6.07, 6.45) is 0. The molecule has 27 heavy (non-hydrogen) atoms. The van der Waals surface area contributed by atoms with E-state index in [0.717, 1.165) is 43.9 Å². The van der Waals surface area contributed by atoms with E-state index in [9.17, 15) is 4.79 Å². The molecule has 6 heteroatoms. The number of carbonyl (C=O) groups excluding carboxylic acids is 1. The summed E-state index contributed by atoms with van der Waals surface area (Å²) in [5, 5.41) is 1.49. The van der Waals surface area contributed by atoms with Gasteiger partial charge in [-0.2, -0.15) is 0 Å². The van der Waals surface area contributed by atoms with Gasteiger partial charge in [0.15, 0.2) is 5.76 Å². The van der Waals surface area contributed by atoms with Crippen LogP contribution in [0.25, 0.3) is 11.0 Å². The molecule has 2 heterocycles. The number of amides is 1. The number of nitrogens with zero attached hydrogens (tertiary/aromatic N) is 1. The molecule has 0 spiro atoms. The lowest BCUT2D eigenvalue weighted by atomic mass is 10.2. The monoisotopic (exact) mass is 385 g/mol. The van der Waals surface area contributed by atoms with Gasteiger partial charge in [0.25, 0.3) is 5.91 Å². The zero-order valence-electron chi connectivity index (χ0n) is 15.2. The lowest BCUT2D eigenvalue weighted by Gasteiger charge is -2.31. The molecular formula is C21H22ClN2O3+. The first kappa shape index (κ1) is 17.9. The number of furan rings is 1. The maximum absolute atomic E-state index is 12.8. The van der Waals surface area contributed by atoms with E-state index in [2.05, 4.69) is 12.1 Å². The number of nitrogens with one attached hydrogen (secondary N) is 1. The molecule has 1 amide bonds. The predicted molar refractivity (Wildman–Crippen MR) is 105 cm³/mol. The third-order valence-corrected chi connectivity index (χ3v) is 5.30. The van der Waals surface area contributed by atoms with Crippen molar-refractivity contribution in [3.05, 3.63) is 64.9 Å². The van der Waals surface area contributed by atoms with Gasteiger partial charge in [0.1, 0.15) is 17.9 Å². The third kappa shape index (κ3) is 3.94. The molecule has 0 aliphatic carbocycles. The van der Waals surface area contributed by atoms with E-state index < -0.39 is 0 Å². The summed E-state index contributed by atoms with van der Waals surface area (Å²) in [5.74, 6) is 1.20. The normalized spacial score (nSPS) is 15.3. The van der Waals surface area contributed by atoms with Crippen molar-refractivity contribution in [3.8, 4) is 5.75 Å². The SMILES string of the molecule is COc1ccc(C[NH+]2CCN(C(=O)c3cc4cc(Cl)ccc4o3)CC2)cc1. The van der Waals surface area contributed by atoms with E-state index in [-0.39, 0.29) is 5.91 Å². The third-order valence-electron chi connectivity index (χ3n) is 5.06. The zero-order valence-corrected chi connectivity index (χ0v) is 16.0. The van der Waals surface area contributed by atoms with Gasteiger partial charge in [0, 0.05) is 16.0 Å². The molecule has 1 aromatic heterocycles. The smallest absolute Gasteiger partial charge is 0.290 e. The van der Waals surface area contributed by atoms with E-state index in [1.165, 1.54) is 10.5 Å². The molecule has 0 saturated carbocycles. The molecular weight excluding hydrogens is 364 g/mol. The fourth-order valence-electron chi connectivity index (χ4n) is 3.51. The number of benzene rings is 2. The summed E-state index contributed by atoms with van der Waals surface area (Å²) in [6, 6.07) is 15.3. The molecule has 1 N–H and O–H groups in total. The summed E-state index contributed by atoms with van der Waals surface area (Å²) < 4.78 is 10.9. The molecule has 0 bridgehead atoms. The minimum absolute atomic E-state index is 0.0502. The van der Waals surface area contributed by atoms with Crippen molar-refractivity contribution in [2.24, 2.45) is 0 Å². The lowest BCUT2D eigenvalue weighted by molar-refractivity contribution is -0.917. The number of quaternary nitrogens is 1. The Morgan fingerprint density at radius 1 is 1.15 bits per heavy atom. The van der Waals surface area contributed by atoms with Gasteiger partial charge >= 0.3 is 0 Å². The second-order valence-electron chi connectivity index (χ2n) is 6.86. The van der Waals surface area contributed by atoms with Crippen LogP contribution in [0.15, 0.2) is 52.9 Å². The van der Waals surface area contributed by atoms with Gasteiger partial charge in [-0.05, 0) is 48.5 Å². The summed E-state index contributed by atoms with van der Waals surface area (Å²) in [5.41, 5.74) is 1.96. The standard InChI is InChI=1S/C21H21ClN2O3/c1-26-18-5-2-15(3-6-18)14-23-8-10-24(11-9-23)21(25)20-13-16-12-17(22)4-7-19(16)27-20/h2-7,12-13H,8-11,14H2,1H3/p+1. The summed E-state index contributed by atoms with van der Waals surface area (Å²) in [6.45, 7) is 4.24. The number of hydrogen-bond acceptors (Lipinski definition) is 3. The molecule has 0 unspecified atom stereocenters. The van der Waals surface area contributed by atoms with Crippen LogP contribution >= 0.6 is 11.6 Å². The minimum atomic E-state index is -0.0502. The van der Waals surface area contributed by atoms with Gasteiger partial charge < -0.3 is 19.0 Å². The molecule has 0 atom stereocenters. The van der Waals surface area contributed by atoms with Crippen LogP contribution in [0.2, 0.25) is 5.02 Å². The molecule has 1 fully saturated rings. The molecule has 1 aliphatic heterocycles. The average molecular weight is 386 g/mol. The van der Waals surface area contributed by atoms with Crippen LogP contribution < -0.4 is 9.64 Å². The average Bonchev–Trinajstić information content (AvgIpc) is 3.12. The molecule has 3 aromatic rings. The van der Waals surface area contributed by atoms with Crippen molar-refractivity contribution in [2.45, 2.75) is 6.54 Å². The van der Waals surface area contributed by atoms with Gasteiger partial charge in [0.05, 0.1) is 33.3 Å². The number of fused-ring (bicyclic) bond motifs is 1. The molecule has 0 radical (unpaired) electrons. The Balaban J connectivity index is 1.36. The number of piperazine rings is 1. The van der Waals surface area contributed by atoms with Crippen LogP contribution in [0.4, 0.5) is 0 Å². The Morgan fingerprint density at radius 2 is 1.89 bits per heavy atom. The quantitative estimate of drug-likeness (QED) is 0.751. The number of ether oxygens (including phenoxy) is 1. The second kappa shape index (κ2) is 7.62. The van der Waals surface area contributed by atoms with Crippen molar-refractivity contribution in [3.63, 3.8) is 0 Å². The van der Waals surface area contributed by atoms with Crippen molar-refractivity contribution in [1.29, 1.82) is 0 Å². The maximum atomic E-state index is 12.8.